The Morgan fingerprint density at radius 3 is 2.71 bits per heavy atom. The zero-order chi connectivity index (χ0) is 30.1. The van der Waals surface area contributed by atoms with Gasteiger partial charge in [0.1, 0.15) is 24.4 Å². The number of imide groups is 1. The van der Waals surface area contributed by atoms with Crippen molar-refractivity contribution >= 4 is 53.1 Å². The Hall–Kier alpha value is -3.02. The molecule has 3 amide bonds. The molecule has 0 aromatic carbocycles. The van der Waals surface area contributed by atoms with Crippen LogP contribution in [0.4, 0.5) is 10.7 Å². The van der Waals surface area contributed by atoms with Crippen molar-refractivity contribution in [1.82, 2.24) is 35.2 Å². The van der Waals surface area contributed by atoms with Crippen LogP contribution in [-0.4, -0.2) is 92.4 Å². The molecule has 4 rings (SSSR count). The van der Waals surface area contributed by atoms with Crippen LogP contribution in [-0.2, 0) is 28.2 Å². The number of aliphatic hydroxyl groups excluding tert-OH is 1. The quantitative estimate of drug-likeness (QED) is 0.123. The number of esters is 1. The van der Waals surface area contributed by atoms with Crippen molar-refractivity contribution in [2.24, 2.45) is 5.92 Å². The summed E-state index contributed by atoms with van der Waals surface area (Å²) in [6.45, 7) is 2.27. The van der Waals surface area contributed by atoms with E-state index in [0.717, 1.165) is 11.4 Å². The number of ether oxygens (including phenoxy) is 3. The maximum absolute atomic E-state index is 13.9. The molecule has 0 aliphatic carbocycles. The summed E-state index contributed by atoms with van der Waals surface area (Å²) in [5.41, 5.74) is 6.49. The molecule has 2 saturated heterocycles. The number of methoxy groups -OCH3 is 1. The molecule has 0 spiro atoms. The predicted molar refractivity (Wildman–Crippen MR) is 146 cm³/mol. The summed E-state index contributed by atoms with van der Waals surface area (Å²) in [6.07, 6.45) is -1.70. The van der Waals surface area contributed by atoms with Crippen LogP contribution in [0.15, 0.2) is 6.33 Å². The Labute approximate surface area is 238 Å². The molecule has 7 atom stereocenters. The number of nitrogens with two attached hydrogens (primary N) is 1. The Morgan fingerprint density at radius 1 is 1.34 bits per heavy atom. The summed E-state index contributed by atoms with van der Waals surface area (Å²) >= 11 is 0.725. The number of aliphatic hydroxyl groups is 1. The van der Waals surface area contributed by atoms with Gasteiger partial charge in [0, 0.05) is 11.7 Å². The van der Waals surface area contributed by atoms with E-state index in [2.05, 4.69) is 30.7 Å². The number of urea groups is 1. The normalized spacial score (nSPS) is 26.6. The maximum Gasteiger partial charge on any atom is 0.327 e. The Kier molecular flexibility index (Phi) is 9.40. The summed E-state index contributed by atoms with van der Waals surface area (Å²) in [5.74, 6) is -1.71. The van der Waals surface area contributed by atoms with E-state index in [1.807, 2.05) is 0 Å². The Bertz CT molecular complexity index is 1360. The fourth-order valence-corrected chi connectivity index (χ4v) is 8.11. The number of hydrogen-bond acceptors (Lipinski definition) is 14. The summed E-state index contributed by atoms with van der Waals surface area (Å²) in [5, 5.41) is 18.2. The lowest BCUT2D eigenvalue weighted by Crippen LogP contribution is -2.37. The topological polar surface area (TPSA) is 231 Å². The van der Waals surface area contributed by atoms with Crippen molar-refractivity contribution in [2.75, 3.05) is 25.2 Å². The number of rotatable bonds is 12. The summed E-state index contributed by atoms with van der Waals surface area (Å²) in [4.78, 5) is 48.4. The minimum absolute atomic E-state index is 0.0385. The maximum atomic E-state index is 13.9. The first-order valence-corrected chi connectivity index (χ1v) is 15.9. The van der Waals surface area contributed by atoms with Gasteiger partial charge in [0.15, 0.2) is 11.2 Å². The molecule has 19 heteroatoms. The number of aromatic nitrogens is 4. The van der Waals surface area contributed by atoms with E-state index < -0.39 is 67.2 Å². The fourth-order valence-electron chi connectivity index (χ4n) is 4.24. The number of hydrogen-bond donors (Lipinski definition) is 5. The largest absolute Gasteiger partial charge is 0.479 e. The molecular weight excluding hydrogens is 583 g/mol. The molecule has 2 aromatic rings. The SMILES string of the molecule is COc1nc(N)nc2c1ncn2[C@@H]1O[C@H](CO[P@@](=O)(N[C@@H](C)C(=O)OC(C)C)SC[C@H]2NC(=O)NC2=O)[C@@H](O)[C@@H]1C. The third-order valence-electron chi connectivity index (χ3n) is 6.29. The van der Waals surface area contributed by atoms with Crippen molar-refractivity contribution in [3.63, 3.8) is 0 Å². The molecule has 0 radical (unpaired) electrons. The molecule has 6 N–H and O–H groups in total. The van der Waals surface area contributed by atoms with E-state index in [0.29, 0.717) is 11.2 Å². The van der Waals surface area contributed by atoms with Crippen molar-refractivity contribution in [3.8, 4) is 5.88 Å². The van der Waals surface area contributed by atoms with Gasteiger partial charge in [0.05, 0.1) is 32.3 Å². The highest BCUT2D eigenvalue weighted by molar-refractivity contribution is 8.56. The minimum Gasteiger partial charge on any atom is -0.479 e. The van der Waals surface area contributed by atoms with Gasteiger partial charge in [-0.1, -0.05) is 18.3 Å². The summed E-state index contributed by atoms with van der Waals surface area (Å²) in [6, 6.07) is -2.67. The second-order valence-electron chi connectivity index (χ2n) is 9.77. The number of fused-ring (bicyclic) bond motifs is 1. The second-order valence-corrected chi connectivity index (χ2v) is 14.1. The van der Waals surface area contributed by atoms with Crippen LogP contribution in [0.25, 0.3) is 11.2 Å². The Morgan fingerprint density at radius 2 is 2.07 bits per heavy atom. The van der Waals surface area contributed by atoms with E-state index in [4.69, 9.17) is 24.5 Å². The van der Waals surface area contributed by atoms with Gasteiger partial charge >= 0.3 is 18.7 Å². The first-order chi connectivity index (χ1) is 19.3. The number of carbonyl (C=O) groups excluding carboxylic acids is 3. The number of anilines is 1. The van der Waals surface area contributed by atoms with Crippen molar-refractivity contribution in [1.29, 1.82) is 0 Å². The zero-order valence-electron chi connectivity index (χ0n) is 23.0. The van der Waals surface area contributed by atoms with Gasteiger partial charge in [0.2, 0.25) is 11.8 Å². The average molecular weight is 617 g/mol. The van der Waals surface area contributed by atoms with E-state index >= 15 is 0 Å². The van der Waals surface area contributed by atoms with Gasteiger partial charge in [0.25, 0.3) is 5.91 Å². The first-order valence-electron chi connectivity index (χ1n) is 12.7. The van der Waals surface area contributed by atoms with Crippen LogP contribution in [0.3, 0.4) is 0 Å². The number of imidazole rings is 1. The number of nitrogens with one attached hydrogen (secondary N) is 3. The van der Waals surface area contributed by atoms with Crippen LogP contribution in [0.5, 0.6) is 5.88 Å². The van der Waals surface area contributed by atoms with E-state index in [9.17, 15) is 24.1 Å². The van der Waals surface area contributed by atoms with Crippen molar-refractivity contribution < 1.29 is 42.8 Å². The molecule has 226 valence electrons. The fraction of sp³-hybridized carbons (Fsp3) is 0.636. The molecule has 4 heterocycles. The number of nitrogen functional groups attached to an aromatic ring is 1. The highest BCUT2D eigenvalue weighted by Crippen LogP contribution is 2.57. The minimum atomic E-state index is -3.94. The first kappa shape index (κ1) is 30.9. The van der Waals surface area contributed by atoms with Crippen LogP contribution in [0.1, 0.15) is 33.9 Å². The monoisotopic (exact) mass is 616 g/mol. The van der Waals surface area contributed by atoms with Crippen LogP contribution >= 0.6 is 18.1 Å². The van der Waals surface area contributed by atoms with Crippen molar-refractivity contribution in [3.05, 3.63) is 6.33 Å². The Balaban J connectivity index is 1.49. The van der Waals surface area contributed by atoms with E-state index in [-0.39, 0.29) is 24.2 Å². The van der Waals surface area contributed by atoms with Crippen LogP contribution in [0.2, 0.25) is 0 Å². The standard InChI is InChI=1S/C22H33N8O9PS/c1-9(2)38-20(33)11(4)29-40(35,41-7-12-17(32)27-22(34)25-12)37-6-13-15(31)10(3)19(39-13)30-8-24-14-16(30)26-21(23)28-18(14)36-5/h8-13,15,19,31H,6-7H2,1-5H3,(H,29,35)(H2,23,26,28)(H2,25,27,32,34)/t10-,11-,12+,13+,15-,19+,40-/m0/s1. The lowest BCUT2D eigenvalue weighted by Gasteiger charge is -2.25. The lowest BCUT2D eigenvalue weighted by molar-refractivity contribution is -0.149. The van der Waals surface area contributed by atoms with Gasteiger partial charge in [-0.2, -0.15) is 9.97 Å². The van der Waals surface area contributed by atoms with Gasteiger partial charge in [-0.25, -0.2) is 14.9 Å². The number of nitrogens with zero attached hydrogens (tertiary/aromatic N) is 4. The molecule has 2 aromatic heterocycles. The highest BCUT2D eigenvalue weighted by atomic mass is 32.7. The molecule has 17 nitrogen and oxygen atoms in total. The van der Waals surface area contributed by atoms with E-state index in [1.165, 1.54) is 20.4 Å². The molecule has 2 aliphatic rings. The van der Waals surface area contributed by atoms with Gasteiger partial charge in [-0.3, -0.25) is 24.0 Å². The smallest absolute Gasteiger partial charge is 0.327 e. The second kappa shape index (κ2) is 12.5. The van der Waals surface area contributed by atoms with Gasteiger partial charge < -0.3 is 34.9 Å². The molecule has 41 heavy (non-hydrogen) atoms. The van der Waals surface area contributed by atoms with Gasteiger partial charge in [-0.15, -0.1) is 0 Å². The lowest BCUT2D eigenvalue weighted by atomic mass is 10.0. The number of carbonyl (C=O) groups is 3. The molecule has 0 unspecified atom stereocenters. The van der Waals surface area contributed by atoms with Crippen LogP contribution in [0, 0.1) is 5.92 Å². The molecular formula is C22H33N8O9PS. The summed E-state index contributed by atoms with van der Waals surface area (Å²) in [7, 11) is 1.42. The average Bonchev–Trinajstić information content (AvgIpc) is 3.55. The third-order valence-corrected chi connectivity index (χ3v) is 10.4. The highest BCUT2D eigenvalue weighted by Gasteiger charge is 2.44. The van der Waals surface area contributed by atoms with Crippen molar-refractivity contribution in [2.45, 2.75) is 64.3 Å². The predicted octanol–water partition coefficient (Wildman–Crippen LogP) is 0.307. The van der Waals surface area contributed by atoms with Crippen LogP contribution < -0.4 is 26.2 Å². The molecule has 0 saturated carbocycles. The van der Waals surface area contributed by atoms with E-state index in [1.54, 1.807) is 25.3 Å². The number of amides is 3. The molecule has 2 aliphatic heterocycles. The third kappa shape index (κ3) is 6.90. The zero-order valence-corrected chi connectivity index (χ0v) is 24.7. The summed E-state index contributed by atoms with van der Waals surface area (Å²) < 4.78 is 37.7. The van der Waals surface area contributed by atoms with Gasteiger partial charge in [-0.05, 0) is 20.8 Å². The molecule has 0 bridgehead atoms. The molecule has 2 fully saturated rings.